The summed E-state index contributed by atoms with van der Waals surface area (Å²) in [5.74, 6) is -0.131. The molecule has 0 heterocycles. The van der Waals surface area contributed by atoms with Crippen LogP contribution < -0.4 is 5.32 Å². The van der Waals surface area contributed by atoms with Crippen LogP contribution in [0.2, 0.25) is 5.02 Å². The van der Waals surface area contributed by atoms with Gasteiger partial charge in [-0.3, -0.25) is 4.79 Å². The number of carboxylic acids is 1. The maximum atomic E-state index is 11.1. The van der Waals surface area contributed by atoms with Gasteiger partial charge >= 0.3 is 5.97 Å². The second-order valence-corrected chi connectivity index (χ2v) is 6.08. The normalized spacial score (nSPS) is 24.0. The lowest BCUT2D eigenvalue weighted by Gasteiger charge is -2.38. The minimum absolute atomic E-state index is 0.104. The largest absolute Gasteiger partial charge is 0.480 e. The average molecular weight is 282 g/mol. The zero-order chi connectivity index (χ0) is 14.0. The summed E-state index contributed by atoms with van der Waals surface area (Å²) >= 11 is 5.87. The zero-order valence-corrected chi connectivity index (χ0v) is 12.0. The van der Waals surface area contributed by atoms with E-state index in [0.29, 0.717) is 12.0 Å². The predicted octanol–water partition coefficient (Wildman–Crippen LogP) is 3.28. The summed E-state index contributed by atoms with van der Waals surface area (Å²) in [6.45, 7) is 3.86. The zero-order valence-electron chi connectivity index (χ0n) is 11.3. The van der Waals surface area contributed by atoms with Crippen molar-refractivity contribution < 1.29 is 9.90 Å². The van der Waals surface area contributed by atoms with Gasteiger partial charge in [-0.2, -0.15) is 0 Å². The number of hydrogen-bond donors (Lipinski definition) is 2. The molecule has 0 aromatic heterocycles. The van der Waals surface area contributed by atoms with Gasteiger partial charge in [0.15, 0.2) is 0 Å². The molecule has 19 heavy (non-hydrogen) atoms. The third kappa shape index (κ3) is 3.48. The molecular weight excluding hydrogens is 262 g/mol. The Hall–Kier alpha value is -1.06. The van der Waals surface area contributed by atoms with Crippen molar-refractivity contribution in [3.8, 4) is 0 Å². The highest BCUT2D eigenvalue weighted by Gasteiger charge is 2.34. The molecule has 1 atom stereocenters. The summed E-state index contributed by atoms with van der Waals surface area (Å²) in [6.07, 6.45) is 2.00. The maximum Gasteiger partial charge on any atom is 0.320 e. The quantitative estimate of drug-likeness (QED) is 0.871. The van der Waals surface area contributed by atoms with Gasteiger partial charge in [-0.1, -0.05) is 37.6 Å². The molecule has 3 nitrogen and oxygen atoms in total. The lowest BCUT2D eigenvalue weighted by Crippen LogP contribution is -2.50. The summed E-state index contributed by atoms with van der Waals surface area (Å²) in [5, 5.41) is 13.1. The van der Waals surface area contributed by atoms with Gasteiger partial charge in [0, 0.05) is 11.1 Å². The van der Waals surface area contributed by atoms with E-state index < -0.39 is 12.0 Å². The summed E-state index contributed by atoms with van der Waals surface area (Å²) in [5.41, 5.74) is 1.29. The molecular formula is C15H20ClNO2. The van der Waals surface area contributed by atoms with Gasteiger partial charge in [-0.15, -0.1) is 0 Å². The molecule has 4 heteroatoms. The van der Waals surface area contributed by atoms with Crippen molar-refractivity contribution >= 4 is 17.6 Å². The van der Waals surface area contributed by atoms with E-state index in [1.54, 1.807) is 0 Å². The number of benzene rings is 1. The van der Waals surface area contributed by atoms with Crippen LogP contribution in [-0.4, -0.2) is 23.2 Å². The average Bonchev–Trinajstić information content (AvgIpc) is 2.28. The lowest BCUT2D eigenvalue weighted by molar-refractivity contribution is -0.141. The van der Waals surface area contributed by atoms with Crippen LogP contribution in [0.15, 0.2) is 24.3 Å². The molecule has 1 aliphatic rings. The van der Waals surface area contributed by atoms with E-state index in [1.807, 2.05) is 26.0 Å². The fourth-order valence-electron chi connectivity index (χ4n) is 2.56. The molecule has 2 N–H and O–H groups in total. The Balaban J connectivity index is 1.86. The second kappa shape index (κ2) is 5.93. The smallest absolute Gasteiger partial charge is 0.320 e. The van der Waals surface area contributed by atoms with Crippen LogP contribution in [0, 0.1) is 5.92 Å². The first kappa shape index (κ1) is 14.4. The van der Waals surface area contributed by atoms with Crippen molar-refractivity contribution in [3.63, 3.8) is 0 Å². The molecule has 1 unspecified atom stereocenters. The van der Waals surface area contributed by atoms with Crippen LogP contribution in [0.25, 0.3) is 0 Å². The number of halogens is 1. The molecule has 104 valence electrons. The molecule has 1 fully saturated rings. The summed E-state index contributed by atoms with van der Waals surface area (Å²) < 4.78 is 0. The molecule has 1 saturated carbocycles. The monoisotopic (exact) mass is 281 g/mol. The number of hydrogen-bond acceptors (Lipinski definition) is 2. The minimum atomic E-state index is -0.759. The van der Waals surface area contributed by atoms with Gasteiger partial charge in [0.05, 0.1) is 0 Å². The molecule has 0 amide bonds. The Kier molecular flexibility index (Phi) is 4.48. The Labute approximate surface area is 119 Å². The van der Waals surface area contributed by atoms with Gasteiger partial charge in [0.25, 0.3) is 0 Å². The molecule has 1 aliphatic carbocycles. The lowest BCUT2D eigenvalue weighted by atomic mass is 9.75. The first-order chi connectivity index (χ1) is 8.97. The SMILES string of the molecule is CC(C)C(NC1CC(c2ccc(Cl)cc2)C1)C(=O)O. The Bertz CT molecular complexity index is 438. The molecule has 0 saturated heterocycles. The predicted molar refractivity (Wildman–Crippen MR) is 76.6 cm³/mol. The first-order valence-electron chi connectivity index (χ1n) is 6.71. The van der Waals surface area contributed by atoms with Gasteiger partial charge in [0.2, 0.25) is 0 Å². The summed E-state index contributed by atoms with van der Waals surface area (Å²) in [7, 11) is 0. The number of aliphatic carboxylic acids is 1. The van der Waals surface area contributed by atoms with Crippen molar-refractivity contribution in [1.82, 2.24) is 5.32 Å². The molecule has 1 aromatic rings. The van der Waals surface area contributed by atoms with Crippen molar-refractivity contribution in [2.45, 2.75) is 44.7 Å². The molecule has 0 aliphatic heterocycles. The molecule has 0 bridgehead atoms. The highest BCUT2D eigenvalue weighted by molar-refractivity contribution is 6.30. The van der Waals surface area contributed by atoms with Crippen LogP contribution in [-0.2, 0) is 4.79 Å². The van der Waals surface area contributed by atoms with Crippen molar-refractivity contribution in [1.29, 1.82) is 0 Å². The van der Waals surface area contributed by atoms with Gasteiger partial charge in [0.1, 0.15) is 6.04 Å². The topological polar surface area (TPSA) is 49.3 Å². The fraction of sp³-hybridized carbons (Fsp3) is 0.533. The van der Waals surface area contributed by atoms with E-state index in [0.717, 1.165) is 17.9 Å². The maximum absolute atomic E-state index is 11.1. The van der Waals surface area contributed by atoms with Crippen LogP contribution in [0.4, 0.5) is 0 Å². The number of carboxylic acid groups (broad SMARTS) is 1. The molecule has 0 radical (unpaired) electrons. The van der Waals surface area contributed by atoms with Crippen LogP contribution >= 0.6 is 11.6 Å². The van der Waals surface area contributed by atoms with Gasteiger partial charge in [-0.05, 0) is 42.4 Å². The van der Waals surface area contributed by atoms with Crippen molar-refractivity contribution in [2.75, 3.05) is 0 Å². The molecule has 2 rings (SSSR count). The summed E-state index contributed by atoms with van der Waals surface area (Å²) in [6, 6.07) is 7.79. The van der Waals surface area contributed by atoms with Crippen LogP contribution in [0.3, 0.4) is 0 Å². The summed E-state index contributed by atoms with van der Waals surface area (Å²) in [4.78, 5) is 11.1. The van der Waals surface area contributed by atoms with Gasteiger partial charge < -0.3 is 10.4 Å². The Morgan fingerprint density at radius 3 is 2.37 bits per heavy atom. The van der Waals surface area contributed by atoms with E-state index in [9.17, 15) is 4.79 Å². The number of carbonyl (C=O) groups is 1. The van der Waals surface area contributed by atoms with E-state index in [1.165, 1.54) is 5.56 Å². The second-order valence-electron chi connectivity index (χ2n) is 5.64. The highest BCUT2D eigenvalue weighted by Crippen LogP contribution is 2.37. The van der Waals surface area contributed by atoms with Crippen molar-refractivity contribution in [3.05, 3.63) is 34.9 Å². The third-order valence-electron chi connectivity index (χ3n) is 3.83. The fourth-order valence-corrected chi connectivity index (χ4v) is 2.69. The van der Waals surface area contributed by atoms with Crippen LogP contribution in [0.5, 0.6) is 0 Å². The Morgan fingerprint density at radius 1 is 1.32 bits per heavy atom. The van der Waals surface area contributed by atoms with Crippen molar-refractivity contribution in [2.24, 2.45) is 5.92 Å². The Morgan fingerprint density at radius 2 is 1.89 bits per heavy atom. The number of rotatable bonds is 5. The van der Waals surface area contributed by atoms with E-state index in [2.05, 4.69) is 17.4 Å². The van der Waals surface area contributed by atoms with E-state index in [4.69, 9.17) is 16.7 Å². The van der Waals surface area contributed by atoms with Crippen LogP contribution in [0.1, 0.15) is 38.2 Å². The standard InChI is InChI=1S/C15H20ClNO2/c1-9(2)14(15(18)19)17-13-7-11(8-13)10-3-5-12(16)6-4-10/h3-6,9,11,13-14,17H,7-8H2,1-2H3,(H,18,19). The highest BCUT2D eigenvalue weighted by atomic mass is 35.5. The molecule has 0 spiro atoms. The number of nitrogens with one attached hydrogen (secondary N) is 1. The molecule has 1 aromatic carbocycles. The van der Waals surface area contributed by atoms with E-state index >= 15 is 0 Å². The van der Waals surface area contributed by atoms with Gasteiger partial charge in [-0.25, -0.2) is 0 Å². The third-order valence-corrected chi connectivity index (χ3v) is 4.08. The minimum Gasteiger partial charge on any atom is -0.480 e. The van der Waals surface area contributed by atoms with E-state index in [-0.39, 0.29) is 5.92 Å². The first-order valence-corrected chi connectivity index (χ1v) is 7.09.